The first kappa shape index (κ1) is 15.1. The van der Waals surface area contributed by atoms with Crippen LogP contribution >= 0.6 is 0 Å². The lowest BCUT2D eigenvalue weighted by Gasteiger charge is -2.34. The van der Waals surface area contributed by atoms with Crippen LogP contribution in [0.25, 0.3) is 11.3 Å². The Morgan fingerprint density at radius 2 is 2.09 bits per heavy atom. The summed E-state index contributed by atoms with van der Waals surface area (Å²) in [5, 5.41) is 0. The van der Waals surface area contributed by atoms with E-state index in [0.717, 1.165) is 36.1 Å². The van der Waals surface area contributed by atoms with Crippen molar-refractivity contribution < 1.29 is 9.15 Å². The zero-order valence-electron chi connectivity index (χ0n) is 13.4. The highest BCUT2D eigenvalue weighted by Gasteiger charge is 2.22. The maximum Gasteiger partial charge on any atom is 0.209 e. The molecule has 1 aromatic carbocycles. The lowest BCUT2D eigenvalue weighted by atomic mass is 10.0. The number of ether oxygens (including phenoxy) is 1. The monoisotopic (exact) mass is 300 g/mol. The van der Waals surface area contributed by atoms with Gasteiger partial charge in [-0.2, -0.15) is 0 Å². The SMILES string of the molecule is CC[C@@H]1CCCCN1Cc1ncc(-c2ccc(OC)cc2)o1. The van der Waals surface area contributed by atoms with Gasteiger partial charge in [0.15, 0.2) is 5.76 Å². The Balaban J connectivity index is 1.70. The predicted molar refractivity (Wildman–Crippen MR) is 86.8 cm³/mol. The van der Waals surface area contributed by atoms with Crippen molar-refractivity contribution in [3.8, 4) is 17.1 Å². The maximum absolute atomic E-state index is 5.95. The van der Waals surface area contributed by atoms with Gasteiger partial charge in [-0.05, 0) is 50.1 Å². The summed E-state index contributed by atoms with van der Waals surface area (Å²) >= 11 is 0. The van der Waals surface area contributed by atoms with Gasteiger partial charge in [0.25, 0.3) is 0 Å². The molecular weight excluding hydrogens is 276 g/mol. The maximum atomic E-state index is 5.95. The van der Waals surface area contributed by atoms with Gasteiger partial charge in [0.1, 0.15) is 5.75 Å². The standard InChI is InChI=1S/C18H24N2O2/c1-3-15-6-4-5-11-20(15)13-18-19-12-17(22-18)14-7-9-16(21-2)10-8-14/h7-10,12,15H,3-6,11,13H2,1-2H3/t15-/m1/s1. The quantitative estimate of drug-likeness (QED) is 0.832. The predicted octanol–water partition coefficient (Wildman–Crippen LogP) is 4.11. The summed E-state index contributed by atoms with van der Waals surface area (Å²) in [6.07, 6.45) is 6.94. The molecule has 1 aliphatic heterocycles. The molecule has 22 heavy (non-hydrogen) atoms. The van der Waals surface area contributed by atoms with Crippen LogP contribution in [-0.2, 0) is 6.54 Å². The summed E-state index contributed by atoms with van der Waals surface area (Å²) in [4.78, 5) is 6.97. The topological polar surface area (TPSA) is 38.5 Å². The van der Waals surface area contributed by atoms with Crippen molar-refractivity contribution in [1.82, 2.24) is 9.88 Å². The molecule has 0 aliphatic carbocycles. The lowest BCUT2D eigenvalue weighted by Crippen LogP contribution is -2.38. The smallest absolute Gasteiger partial charge is 0.209 e. The van der Waals surface area contributed by atoms with Crippen LogP contribution in [0.1, 0.15) is 38.5 Å². The van der Waals surface area contributed by atoms with Gasteiger partial charge in [-0.15, -0.1) is 0 Å². The van der Waals surface area contributed by atoms with Gasteiger partial charge in [0.05, 0.1) is 19.9 Å². The summed E-state index contributed by atoms with van der Waals surface area (Å²) in [5.74, 6) is 2.48. The van der Waals surface area contributed by atoms with E-state index in [1.807, 2.05) is 30.5 Å². The molecule has 0 unspecified atom stereocenters. The molecule has 0 amide bonds. The largest absolute Gasteiger partial charge is 0.497 e. The van der Waals surface area contributed by atoms with Gasteiger partial charge < -0.3 is 9.15 Å². The van der Waals surface area contributed by atoms with E-state index >= 15 is 0 Å². The van der Waals surface area contributed by atoms with Crippen molar-refractivity contribution >= 4 is 0 Å². The zero-order chi connectivity index (χ0) is 15.4. The van der Waals surface area contributed by atoms with Crippen molar-refractivity contribution in [3.05, 3.63) is 36.4 Å². The Labute approximate surface area is 132 Å². The van der Waals surface area contributed by atoms with Crippen molar-refractivity contribution in [2.45, 2.75) is 45.2 Å². The fourth-order valence-electron chi connectivity index (χ4n) is 3.18. The molecule has 2 heterocycles. The lowest BCUT2D eigenvalue weighted by molar-refractivity contribution is 0.124. The highest BCUT2D eigenvalue weighted by molar-refractivity contribution is 5.57. The van der Waals surface area contributed by atoms with Gasteiger partial charge in [0, 0.05) is 11.6 Å². The van der Waals surface area contributed by atoms with Crippen molar-refractivity contribution in [3.63, 3.8) is 0 Å². The van der Waals surface area contributed by atoms with Gasteiger partial charge >= 0.3 is 0 Å². The Bertz CT molecular complexity index is 591. The first-order valence-electron chi connectivity index (χ1n) is 8.13. The summed E-state index contributed by atoms with van der Waals surface area (Å²) in [5.41, 5.74) is 1.03. The number of hydrogen-bond donors (Lipinski definition) is 0. The van der Waals surface area contributed by atoms with E-state index in [2.05, 4.69) is 16.8 Å². The summed E-state index contributed by atoms with van der Waals surface area (Å²) in [6.45, 7) is 4.23. The van der Waals surface area contributed by atoms with Crippen LogP contribution in [0.15, 0.2) is 34.9 Å². The van der Waals surface area contributed by atoms with Crippen LogP contribution in [0, 0.1) is 0 Å². The number of oxazole rings is 1. The van der Waals surface area contributed by atoms with Gasteiger partial charge in [0.2, 0.25) is 5.89 Å². The molecule has 1 atom stereocenters. The van der Waals surface area contributed by atoms with Gasteiger partial charge in [-0.25, -0.2) is 4.98 Å². The van der Waals surface area contributed by atoms with E-state index in [1.54, 1.807) is 7.11 Å². The van der Waals surface area contributed by atoms with E-state index in [-0.39, 0.29) is 0 Å². The number of likely N-dealkylation sites (tertiary alicyclic amines) is 1. The average Bonchev–Trinajstić information content (AvgIpc) is 3.04. The first-order valence-corrected chi connectivity index (χ1v) is 8.13. The van der Waals surface area contributed by atoms with Crippen LogP contribution in [0.5, 0.6) is 5.75 Å². The number of hydrogen-bond acceptors (Lipinski definition) is 4. The van der Waals surface area contributed by atoms with Crippen LogP contribution in [-0.4, -0.2) is 29.6 Å². The molecule has 118 valence electrons. The average molecular weight is 300 g/mol. The molecule has 1 aliphatic rings. The second kappa shape index (κ2) is 6.97. The second-order valence-corrected chi connectivity index (χ2v) is 5.88. The highest BCUT2D eigenvalue weighted by atomic mass is 16.5. The van der Waals surface area contributed by atoms with E-state index in [4.69, 9.17) is 9.15 Å². The van der Waals surface area contributed by atoms with E-state index < -0.39 is 0 Å². The molecule has 0 bridgehead atoms. The highest BCUT2D eigenvalue weighted by Crippen LogP contribution is 2.25. The third kappa shape index (κ3) is 3.33. The molecule has 0 saturated carbocycles. The Morgan fingerprint density at radius 1 is 1.27 bits per heavy atom. The number of methoxy groups -OCH3 is 1. The molecule has 4 nitrogen and oxygen atoms in total. The molecule has 1 aromatic heterocycles. The van der Waals surface area contributed by atoms with Crippen LogP contribution in [0.4, 0.5) is 0 Å². The Hall–Kier alpha value is -1.81. The van der Waals surface area contributed by atoms with Crippen LogP contribution in [0.2, 0.25) is 0 Å². The number of piperidine rings is 1. The fourth-order valence-corrected chi connectivity index (χ4v) is 3.18. The van der Waals surface area contributed by atoms with Crippen molar-refractivity contribution in [2.75, 3.05) is 13.7 Å². The molecule has 2 aromatic rings. The minimum atomic E-state index is 0.671. The minimum Gasteiger partial charge on any atom is -0.497 e. The number of nitrogens with zero attached hydrogens (tertiary/aromatic N) is 2. The van der Waals surface area contributed by atoms with E-state index in [9.17, 15) is 0 Å². The van der Waals surface area contributed by atoms with Crippen molar-refractivity contribution in [2.24, 2.45) is 0 Å². The Kier molecular flexibility index (Phi) is 4.78. The number of rotatable bonds is 5. The molecule has 0 N–H and O–H groups in total. The number of benzene rings is 1. The first-order chi connectivity index (χ1) is 10.8. The molecule has 0 radical (unpaired) electrons. The molecule has 0 spiro atoms. The van der Waals surface area contributed by atoms with E-state index in [1.165, 1.54) is 25.7 Å². The third-order valence-corrected chi connectivity index (χ3v) is 4.49. The zero-order valence-corrected chi connectivity index (χ0v) is 13.4. The van der Waals surface area contributed by atoms with Crippen LogP contribution in [0.3, 0.4) is 0 Å². The molecule has 4 heteroatoms. The second-order valence-electron chi connectivity index (χ2n) is 5.88. The van der Waals surface area contributed by atoms with Crippen LogP contribution < -0.4 is 4.74 Å². The summed E-state index contributed by atoms with van der Waals surface area (Å²) in [7, 11) is 1.67. The van der Waals surface area contributed by atoms with Crippen molar-refractivity contribution in [1.29, 1.82) is 0 Å². The normalized spacial score (nSPS) is 19.3. The minimum absolute atomic E-state index is 0.671. The molecule has 1 fully saturated rings. The fraction of sp³-hybridized carbons (Fsp3) is 0.500. The van der Waals surface area contributed by atoms with E-state index in [0.29, 0.717) is 6.04 Å². The molecule has 3 rings (SSSR count). The number of aromatic nitrogens is 1. The Morgan fingerprint density at radius 3 is 2.82 bits per heavy atom. The summed E-state index contributed by atoms with van der Waals surface area (Å²) < 4.78 is 11.1. The molecule has 1 saturated heterocycles. The third-order valence-electron chi connectivity index (χ3n) is 4.49. The van der Waals surface area contributed by atoms with Gasteiger partial charge in [-0.1, -0.05) is 13.3 Å². The summed E-state index contributed by atoms with van der Waals surface area (Å²) in [6, 6.07) is 8.55. The molecular formula is C18H24N2O2. The van der Waals surface area contributed by atoms with Gasteiger partial charge in [-0.3, -0.25) is 4.90 Å².